The Balaban J connectivity index is 4.06. The maximum Gasteiger partial charge on any atom is 0.103 e. The highest BCUT2D eigenvalue weighted by Crippen LogP contribution is 2.13. The van der Waals surface area contributed by atoms with Crippen LogP contribution in [-0.2, 0) is 0 Å². The molecule has 0 fully saturated rings. The summed E-state index contributed by atoms with van der Waals surface area (Å²) in [6, 6.07) is 2.43. The van der Waals surface area contributed by atoms with Crippen LogP contribution in [0, 0.1) is 17.2 Å². The van der Waals surface area contributed by atoms with E-state index in [4.69, 9.17) is 0 Å². The Labute approximate surface area is 120 Å². The predicted molar refractivity (Wildman–Crippen MR) is 83.1 cm³/mol. The van der Waals surface area contributed by atoms with Gasteiger partial charge in [-0.1, -0.05) is 34.1 Å². The highest BCUT2D eigenvalue weighted by atomic mass is 15.1. The first kappa shape index (κ1) is 18.4. The smallest absolute Gasteiger partial charge is 0.103 e. The molecule has 1 N–H and O–H groups in total. The zero-order valence-electron chi connectivity index (χ0n) is 13.6. The van der Waals surface area contributed by atoms with Gasteiger partial charge in [0.25, 0.3) is 0 Å². The van der Waals surface area contributed by atoms with E-state index >= 15 is 0 Å². The molecule has 0 saturated heterocycles. The van der Waals surface area contributed by atoms with Gasteiger partial charge >= 0.3 is 0 Å². The molecule has 0 saturated carbocycles. The molecule has 0 aliphatic rings. The van der Waals surface area contributed by atoms with Gasteiger partial charge in [-0.15, -0.1) is 0 Å². The van der Waals surface area contributed by atoms with Crippen molar-refractivity contribution < 1.29 is 0 Å². The predicted octanol–water partition coefficient (Wildman–Crippen LogP) is 3.42. The molecule has 19 heavy (non-hydrogen) atoms. The maximum absolute atomic E-state index is 9.29. The van der Waals surface area contributed by atoms with Crippen LogP contribution in [-0.4, -0.2) is 36.6 Å². The third-order valence-electron chi connectivity index (χ3n) is 3.88. The van der Waals surface area contributed by atoms with Crippen molar-refractivity contribution in [2.24, 2.45) is 5.92 Å². The molecule has 0 heterocycles. The molecule has 0 radical (unpaired) electrons. The summed E-state index contributed by atoms with van der Waals surface area (Å²) in [5, 5.41) is 12.7. The Hall–Kier alpha value is -0.590. The summed E-state index contributed by atoms with van der Waals surface area (Å²) in [4.78, 5) is 2.51. The molecular formula is C16H33N3. The van der Waals surface area contributed by atoms with Gasteiger partial charge in [0.05, 0.1) is 6.07 Å². The fourth-order valence-corrected chi connectivity index (χ4v) is 2.19. The molecule has 3 heteroatoms. The van der Waals surface area contributed by atoms with Crippen molar-refractivity contribution in [1.29, 1.82) is 5.26 Å². The molecule has 0 aliphatic carbocycles. The van der Waals surface area contributed by atoms with Gasteiger partial charge in [-0.05, 0) is 51.7 Å². The fraction of sp³-hybridized carbons (Fsp3) is 0.938. The lowest BCUT2D eigenvalue weighted by atomic mass is 9.97. The molecule has 0 amide bonds. The number of rotatable bonds is 11. The Morgan fingerprint density at radius 1 is 1.32 bits per heavy atom. The number of hydrogen-bond acceptors (Lipinski definition) is 3. The molecule has 0 rings (SSSR count). The minimum atomic E-state index is -0.355. The van der Waals surface area contributed by atoms with Crippen LogP contribution in [0.4, 0.5) is 0 Å². The molecule has 0 aliphatic heterocycles. The van der Waals surface area contributed by atoms with Crippen molar-refractivity contribution in [3.8, 4) is 6.07 Å². The molecule has 3 nitrogen and oxygen atoms in total. The lowest BCUT2D eigenvalue weighted by Crippen LogP contribution is -2.42. The van der Waals surface area contributed by atoms with Crippen molar-refractivity contribution in [3.63, 3.8) is 0 Å². The molecule has 0 aromatic carbocycles. The van der Waals surface area contributed by atoms with Crippen LogP contribution in [0.25, 0.3) is 0 Å². The summed E-state index contributed by atoms with van der Waals surface area (Å²) in [6.45, 7) is 15.3. The zero-order valence-corrected chi connectivity index (χ0v) is 13.6. The van der Waals surface area contributed by atoms with Gasteiger partial charge in [0.15, 0.2) is 0 Å². The average Bonchev–Trinajstić information content (AvgIpc) is 2.43. The number of nitrogens with one attached hydrogen (secondary N) is 1. The quantitative estimate of drug-likeness (QED) is 0.623. The highest BCUT2D eigenvalue weighted by Gasteiger charge is 2.22. The molecule has 2 atom stereocenters. The Morgan fingerprint density at radius 3 is 2.47 bits per heavy atom. The third-order valence-corrected chi connectivity index (χ3v) is 3.88. The number of nitriles is 1. The van der Waals surface area contributed by atoms with E-state index in [2.05, 4.69) is 44.0 Å². The third kappa shape index (κ3) is 8.23. The summed E-state index contributed by atoms with van der Waals surface area (Å²) >= 11 is 0. The van der Waals surface area contributed by atoms with Gasteiger partial charge in [0.1, 0.15) is 5.54 Å². The molecule has 0 aromatic rings. The van der Waals surface area contributed by atoms with Crippen LogP contribution in [0.1, 0.15) is 60.3 Å². The van der Waals surface area contributed by atoms with E-state index in [1.165, 1.54) is 13.0 Å². The van der Waals surface area contributed by atoms with E-state index in [1.807, 2.05) is 6.92 Å². The van der Waals surface area contributed by atoms with Crippen molar-refractivity contribution in [1.82, 2.24) is 10.2 Å². The molecular weight excluding hydrogens is 234 g/mol. The first-order chi connectivity index (χ1) is 9.01. The Morgan fingerprint density at radius 2 is 2.00 bits per heavy atom. The topological polar surface area (TPSA) is 39.1 Å². The van der Waals surface area contributed by atoms with Crippen molar-refractivity contribution in [2.75, 3.05) is 26.2 Å². The van der Waals surface area contributed by atoms with Crippen LogP contribution in [0.5, 0.6) is 0 Å². The lowest BCUT2D eigenvalue weighted by Gasteiger charge is -2.27. The van der Waals surface area contributed by atoms with Gasteiger partial charge in [-0.25, -0.2) is 0 Å². The fourth-order valence-electron chi connectivity index (χ4n) is 2.19. The second-order valence-electron chi connectivity index (χ2n) is 5.88. The molecule has 2 unspecified atom stereocenters. The molecule has 0 aromatic heterocycles. The Bertz CT molecular complexity index is 259. The number of hydrogen-bond donors (Lipinski definition) is 1. The van der Waals surface area contributed by atoms with Crippen molar-refractivity contribution >= 4 is 0 Å². The van der Waals surface area contributed by atoms with Crippen LogP contribution in [0.15, 0.2) is 0 Å². The lowest BCUT2D eigenvalue weighted by molar-refractivity contribution is 0.233. The summed E-state index contributed by atoms with van der Waals surface area (Å²) in [5.74, 6) is 0.764. The summed E-state index contributed by atoms with van der Waals surface area (Å²) < 4.78 is 0. The van der Waals surface area contributed by atoms with E-state index < -0.39 is 0 Å². The van der Waals surface area contributed by atoms with E-state index in [1.54, 1.807) is 0 Å². The largest absolute Gasteiger partial charge is 0.303 e. The van der Waals surface area contributed by atoms with Crippen LogP contribution in [0.3, 0.4) is 0 Å². The van der Waals surface area contributed by atoms with Crippen LogP contribution in [0.2, 0.25) is 0 Å². The normalized spacial score (nSPS) is 16.1. The first-order valence-electron chi connectivity index (χ1n) is 7.89. The standard InChI is InChI=1S/C16H33N3/c1-6-11-18-16(5,14-17)10-9-12-19(8-3)13-15(4)7-2/h15,18H,6-13H2,1-5H3. The molecule has 0 spiro atoms. The van der Waals surface area contributed by atoms with Gasteiger partial charge < -0.3 is 4.90 Å². The van der Waals surface area contributed by atoms with Gasteiger partial charge in [0, 0.05) is 6.54 Å². The van der Waals surface area contributed by atoms with Crippen LogP contribution < -0.4 is 5.32 Å². The van der Waals surface area contributed by atoms with E-state index in [9.17, 15) is 5.26 Å². The minimum Gasteiger partial charge on any atom is -0.303 e. The average molecular weight is 267 g/mol. The maximum atomic E-state index is 9.29. The monoisotopic (exact) mass is 267 g/mol. The summed E-state index contributed by atoms with van der Waals surface area (Å²) in [7, 11) is 0. The SMILES string of the molecule is CCCNC(C)(C#N)CCCN(CC)CC(C)CC. The zero-order chi connectivity index (χ0) is 14.7. The summed E-state index contributed by atoms with van der Waals surface area (Å²) in [5.41, 5.74) is -0.355. The highest BCUT2D eigenvalue weighted by molar-refractivity contribution is 5.03. The van der Waals surface area contributed by atoms with Crippen LogP contribution >= 0.6 is 0 Å². The van der Waals surface area contributed by atoms with Crippen molar-refractivity contribution in [2.45, 2.75) is 65.8 Å². The van der Waals surface area contributed by atoms with E-state index in [0.29, 0.717) is 0 Å². The first-order valence-corrected chi connectivity index (χ1v) is 7.89. The second kappa shape index (κ2) is 10.2. The van der Waals surface area contributed by atoms with E-state index in [0.717, 1.165) is 44.8 Å². The minimum absolute atomic E-state index is 0.355. The van der Waals surface area contributed by atoms with Crippen molar-refractivity contribution in [3.05, 3.63) is 0 Å². The summed E-state index contributed by atoms with van der Waals surface area (Å²) in [6.07, 6.45) is 4.34. The van der Waals surface area contributed by atoms with Gasteiger partial charge in [-0.3, -0.25) is 5.32 Å². The van der Waals surface area contributed by atoms with Gasteiger partial charge in [-0.2, -0.15) is 5.26 Å². The number of nitrogens with zero attached hydrogens (tertiary/aromatic N) is 2. The molecule has 0 bridgehead atoms. The second-order valence-corrected chi connectivity index (χ2v) is 5.88. The van der Waals surface area contributed by atoms with E-state index in [-0.39, 0.29) is 5.54 Å². The Kier molecular flexibility index (Phi) is 9.91. The molecule has 112 valence electrons. The van der Waals surface area contributed by atoms with Gasteiger partial charge in [0.2, 0.25) is 0 Å².